The van der Waals surface area contributed by atoms with Crippen molar-refractivity contribution in [3.63, 3.8) is 0 Å². The average Bonchev–Trinajstić information content (AvgIpc) is 3.46. The van der Waals surface area contributed by atoms with Crippen LogP contribution in [0.1, 0.15) is 323 Å². The summed E-state index contributed by atoms with van der Waals surface area (Å²) in [7, 11) is 0. The van der Waals surface area contributed by atoms with Gasteiger partial charge in [-0.1, -0.05) is 310 Å². The molecule has 0 bridgehead atoms. The summed E-state index contributed by atoms with van der Waals surface area (Å²) >= 11 is 0. The molecule has 80 heavy (non-hydrogen) atoms. The smallest absolute Gasteiger partial charge is 0.306 e. The van der Waals surface area contributed by atoms with E-state index < -0.39 is 6.10 Å². The third-order valence-electron chi connectivity index (χ3n) is 14.5. The third-order valence-corrected chi connectivity index (χ3v) is 14.5. The van der Waals surface area contributed by atoms with E-state index in [1.807, 2.05) is 0 Å². The summed E-state index contributed by atoms with van der Waals surface area (Å²) in [6.45, 7) is 6.44. The molecule has 0 aliphatic carbocycles. The minimum absolute atomic E-state index is 0.0806. The van der Waals surface area contributed by atoms with Crippen LogP contribution in [-0.4, -0.2) is 37.2 Å². The second-order valence-electron chi connectivity index (χ2n) is 22.3. The normalized spacial score (nSPS) is 12.8. The molecular formula is C74H126O6. The number of ether oxygens (including phenoxy) is 3. The second-order valence-corrected chi connectivity index (χ2v) is 22.3. The highest BCUT2D eigenvalue weighted by atomic mass is 16.6. The van der Waals surface area contributed by atoms with E-state index in [9.17, 15) is 14.4 Å². The van der Waals surface area contributed by atoms with Gasteiger partial charge in [0.15, 0.2) is 6.10 Å². The number of allylic oxidation sites excluding steroid dienone is 18. The Morgan fingerprint density at radius 2 is 0.487 bits per heavy atom. The number of hydrogen-bond acceptors (Lipinski definition) is 6. The number of hydrogen-bond donors (Lipinski definition) is 0. The van der Waals surface area contributed by atoms with E-state index in [-0.39, 0.29) is 31.1 Å². The van der Waals surface area contributed by atoms with Crippen LogP contribution < -0.4 is 0 Å². The molecule has 0 heterocycles. The quantitative estimate of drug-likeness (QED) is 0.0261. The fourth-order valence-electron chi connectivity index (χ4n) is 9.52. The molecule has 0 aliphatic heterocycles. The molecule has 0 amide bonds. The molecule has 1 unspecified atom stereocenters. The van der Waals surface area contributed by atoms with Gasteiger partial charge in [0.1, 0.15) is 13.2 Å². The first-order chi connectivity index (χ1) is 39.5. The van der Waals surface area contributed by atoms with Gasteiger partial charge in [0.25, 0.3) is 0 Å². The first-order valence-corrected chi connectivity index (χ1v) is 33.9. The minimum Gasteiger partial charge on any atom is -0.462 e. The van der Waals surface area contributed by atoms with E-state index in [4.69, 9.17) is 14.2 Å². The first kappa shape index (κ1) is 76.1. The highest BCUT2D eigenvalue weighted by molar-refractivity contribution is 5.71. The van der Waals surface area contributed by atoms with Gasteiger partial charge >= 0.3 is 17.9 Å². The zero-order valence-electron chi connectivity index (χ0n) is 52.6. The maximum absolute atomic E-state index is 12.9. The van der Waals surface area contributed by atoms with Gasteiger partial charge in [-0.15, -0.1) is 0 Å². The van der Waals surface area contributed by atoms with Crippen molar-refractivity contribution in [3.8, 4) is 0 Å². The van der Waals surface area contributed by atoms with Crippen molar-refractivity contribution in [2.45, 2.75) is 329 Å². The van der Waals surface area contributed by atoms with Crippen molar-refractivity contribution < 1.29 is 28.6 Å². The van der Waals surface area contributed by atoms with Crippen LogP contribution in [0, 0.1) is 0 Å². The molecule has 0 aliphatic rings. The van der Waals surface area contributed by atoms with Gasteiger partial charge in [-0.2, -0.15) is 0 Å². The number of carbonyl (C=O) groups excluding carboxylic acids is 3. The summed E-state index contributed by atoms with van der Waals surface area (Å²) in [6.07, 6.45) is 92.4. The number of esters is 3. The van der Waals surface area contributed by atoms with Crippen molar-refractivity contribution >= 4 is 17.9 Å². The standard InChI is InChI=1S/C74H126O6/c1-4-7-10-13-16-19-22-25-28-31-32-33-34-35-36-37-38-39-40-41-42-44-46-49-52-55-58-61-64-67-73(76)79-70-71(69-78-72(75)66-63-60-57-54-51-48-45-30-27-24-21-18-15-12-9-6-3)80-74(77)68-65-62-59-56-53-50-47-43-29-26-23-20-17-14-11-8-5-2/h7-8,10-11,16-17,19-20,25-26,28-29,32-33,35-36,38-39,71H,4-6,9,12-15,18,21-24,27,30-31,34,37,40-70H2,1-3H3/b10-7-,11-8-,19-16-,20-17-,28-25-,29-26-,33-32-,36-35-,39-38-. The van der Waals surface area contributed by atoms with Crippen molar-refractivity contribution in [1.82, 2.24) is 0 Å². The SMILES string of the molecule is CC/C=C\C/C=C\C/C=C\C/C=C\C/C=C\C/C=C\CCCCCCCCCCCCC(=O)OCC(COC(=O)CCCCCCCCCCCCCCCCCC)OC(=O)CCCCCCCCC/C=C\C/C=C\C/C=C\CC. The lowest BCUT2D eigenvalue weighted by Gasteiger charge is -2.18. The van der Waals surface area contributed by atoms with Crippen LogP contribution in [0.4, 0.5) is 0 Å². The number of carbonyl (C=O) groups is 3. The molecule has 0 spiro atoms. The third kappa shape index (κ3) is 64.9. The van der Waals surface area contributed by atoms with Gasteiger partial charge in [-0.25, -0.2) is 0 Å². The zero-order chi connectivity index (χ0) is 57.8. The monoisotopic (exact) mass is 1110 g/mol. The van der Waals surface area contributed by atoms with E-state index in [2.05, 4.69) is 130 Å². The van der Waals surface area contributed by atoms with E-state index in [0.717, 1.165) is 122 Å². The Morgan fingerprint density at radius 3 is 0.762 bits per heavy atom. The lowest BCUT2D eigenvalue weighted by atomic mass is 10.0. The Bertz CT molecular complexity index is 1610. The largest absolute Gasteiger partial charge is 0.462 e. The summed E-state index contributed by atoms with van der Waals surface area (Å²) in [5.41, 5.74) is 0. The van der Waals surface area contributed by atoms with Crippen molar-refractivity contribution in [1.29, 1.82) is 0 Å². The molecule has 0 saturated carbocycles. The molecule has 1 atom stereocenters. The highest BCUT2D eigenvalue weighted by Crippen LogP contribution is 2.17. The van der Waals surface area contributed by atoms with Gasteiger partial charge in [0.2, 0.25) is 0 Å². The second kappa shape index (κ2) is 67.6. The summed E-state index contributed by atoms with van der Waals surface area (Å²) in [5, 5.41) is 0. The van der Waals surface area contributed by atoms with Crippen molar-refractivity contribution in [2.75, 3.05) is 13.2 Å². The molecular weight excluding hydrogens is 985 g/mol. The van der Waals surface area contributed by atoms with Gasteiger partial charge in [-0.05, 0) is 103 Å². The van der Waals surface area contributed by atoms with Crippen LogP contribution in [0.5, 0.6) is 0 Å². The molecule has 0 aromatic rings. The Balaban J connectivity index is 4.32. The van der Waals surface area contributed by atoms with Gasteiger partial charge in [0, 0.05) is 19.3 Å². The van der Waals surface area contributed by atoms with Crippen molar-refractivity contribution in [3.05, 3.63) is 109 Å². The van der Waals surface area contributed by atoms with Gasteiger partial charge in [-0.3, -0.25) is 14.4 Å². The fraction of sp³-hybridized carbons (Fsp3) is 0.716. The minimum atomic E-state index is -0.786. The average molecular weight is 1110 g/mol. The molecule has 0 aromatic heterocycles. The van der Waals surface area contributed by atoms with Gasteiger partial charge in [0.05, 0.1) is 0 Å². The molecule has 0 aromatic carbocycles. The van der Waals surface area contributed by atoms with E-state index in [0.29, 0.717) is 19.3 Å². The van der Waals surface area contributed by atoms with Gasteiger partial charge < -0.3 is 14.2 Å². The highest BCUT2D eigenvalue weighted by Gasteiger charge is 2.19. The molecule has 0 radical (unpaired) electrons. The Hall–Kier alpha value is -3.93. The van der Waals surface area contributed by atoms with Crippen LogP contribution >= 0.6 is 0 Å². The maximum Gasteiger partial charge on any atom is 0.306 e. The van der Waals surface area contributed by atoms with Crippen LogP contribution in [0.15, 0.2) is 109 Å². The number of unbranched alkanes of at least 4 members (excludes halogenated alkanes) is 32. The molecule has 6 nitrogen and oxygen atoms in total. The van der Waals surface area contributed by atoms with Crippen LogP contribution in [0.3, 0.4) is 0 Å². The lowest BCUT2D eigenvalue weighted by molar-refractivity contribution is -0.167. The predicted molar refractivity (Wildman–Crippen MR) is 348 cm³/mol. The molecule has 6 heteroatoms. The summed E-state index contributed by atoms with van der Waals surface area (Å²) in [4.78, 5) is 38.4. The first-order valence-electron chi connectivity index (χ1n) is 33.9. The number of rotatable bonds is 61. The summed E-state index contributed by atoms with van der Waals surface area (Å²) in [5.74, 6) is -0.882. The zero-order valence-corrected chi connectivity index (χ0v) is 52.6. The topological polar surface area (TPSA) is 78.9 Å². The van der Waals surface area contributed by atoms with Crippen molar-refractivity contribution in [2.24, 2.45) is 0 Å². The Labute approximate surface area is 495 Å². The summed E-state index contributed by atoms with van der Waals surface area (Å²) < 4.78 is 17.0. The predicted octanol–water partition coefficient (Wildman–Crippen LogP) is 23.4. The molecule has 0 saturated heterocycles. The Morgan fingerprint density at radius 1 is 0.263 bits per heavy atom. The summed E-state index contributed by atoms with van der Waals surface area (Å²) in [6, 6.07) is 0. The van der Waals surface area contributed by atoms with E-state index in [1.165, 1.54) is 161 Å². The molecule has 0 rings (SSSR count). The molecule has 0 fully saturated rings. The maximum atomic E-state index is 12.9. The fourth-order valence-corrected chi connectivity index (χ4v) is 9.52. The van der Waals surface area contributed by atoms with Crippen LogP contribution in [0.2, 0.25) is 0 Å². The Kier molecular flexibility index (Phi) is 64.3. The van der Waals surface area contributed by atoms with Crippen LogP contribution in [-0.2, 0) is 28.6 Å². The van der Waals surface area contributed by atoms with Crippen LogP contribution in [0.25, 0.3) is 0 Å². The molecule has 0 N–H and O–H groups in total. The lowest BCUT2D eigenvalue weighted by Crippen LogP contribution is -2.30. The van der Waals surface area contributed by atoms with E-state index >= 15 is 0 Å². The van der Waals surface area contributed by atoms with E-state index in [1.54, 1.807) is 0 Å². The molecule has 458 valence electrons.